The maximum Gasteiger partial charge on any atom is 0.123 e. The summed E-state index contributed by atoms with van der Waals surface area (Å²) in [6, 6.07) is 13.9. The number of rotatable bonds is 1. The molecule has 0 fully saturated rings. The van der Waals surface area contributed by atoms with Gasteiger partial charge < -0.3 is 10.0 Å². The predicted octanol–water partition coefficient (Wildman–Crippen LogP) is 3.05. The summed E-state index contributed by atoms with van der Waals surface area (Å²) in [6.07, 6.45) is 1.12. The first-order valence-electron chi connectivity index (χ1n) is 5.88. The van der Waals surface area contributed by atoms with Crippen LogP contribution in [0, 0.1) is 0 Å². The summed E-state index contributed by atoms with van der Waals surface area (Å²) in [5, 5.41) is 9.86. The number of likely N-dealkylation sites (N-methyl/N-ethyl adjacent to an activating group) is 1. The number of benzene rings is 2. The number of fused-ring (bicyclic) bond motifs is 1. The van der Waals surface area contributed by atoms with Crippen molar-refractivity contribution in [2.75, 3.05) is 18.5 Å². The smallest absolute Gasteiger partial charge is 0.123 e. The van der Waals surface area contributed by atoms with E-state index in [1.807, 2.05) is 18.2 Å². The fourth-order valence-corrected chi connectivity index (χ4v) is 2.42. The van der Waals surface area contributed by atoms with Crippen molar-refractivity contribution in [1.29, 1.82) is 0 Å². The molecule has 86 valence electrons. The lowest BCUT2D eigenvalue weighted by Crippen LogP contribution is -2.12. The van der Waals surface area contributed by atoms with Crippen LogP contribution in [-0.4, -0.2) is 18.7 Å². The Bertz CT molecular complexity index is 563. The molecule has 1 aliphatic heterocycles. The van der Waals surface area contributed by atoms with Crippen LogP contribution in [-0.2, 0) is 6.42 Å². The van der Waals surface area contributed by atoms with Gasteiger partial charge in [0.15, 0.2) is 0 Å². The largest absolute Gasteiger partial charge is 0.507 e. The second-order valence-electron chi connectivity index (χ2n) is 4.53. The van der Waals surface area contributed by atoms with Gasteiger partial charge in [-0.15, -0.1) is 0 Å². The van der Waals surface area contributed by atoms with Crippen molar-refractivity contribution >= 4 is 5.69 Å². The number of para-hydroxylation sites is 1. The van der Waals surface area contributed by atoms with Crippen LogP contribution in [0.15, 0.2) is 42.5 Å². The topological polar surface area (TPSA) is 23.5 Å². The van der Waals surface area contributed by atoms with Crippen LogP contribution in [0.4, 0.5) is 5.69 Å². The molecule has 0 aromatic heterocycles. The minimum absolute atomic E-state index is 0.341. The van der Waals surface area contributed by atoms with E-state index < -0.39 is 0 Å². The Hall–Kier alpha value is -1.96. The first-order chi connectivity index (χ1) is 8.25. The Morgan fingerprint density at radius 2 is 1.94 bits per heavy atom. The van der Waals surface area contributed by atoms with Gasteiger partial charge in [-0.3, -0.25) is 0 Å². The molecule has 1 N–H and O–H groups in total. The normalized spacial score (nSPS) is 13.8. The third-order valence-electron chi connectivity index (χ3n) is 3.43. The molecule has 2 aromatic rings. The molecule has 1 aliphatic rings. The van der Waals surface area contributed by atoms with Gasteiger partial charge >= 0.3 is 0 Å². The average Bonchev–Trinajstić information content (AvgIpc) is 2.71. The first kappa shape index (κ1) is 10.2. The van der Waals surface area contributed by atoms with E-state index in [4.69, 9.17) is 0 Å². The number of nitrogens with zero attached hydrogens (tertiary/aromatic N) is 1. The zero-order valence-corrected chi connectivity index (χ0v) is 9.85. The fraction of sp³-hybridized carbons (Fsp3) is 0.200. The Morgan fingerprint density at radius 3 is 2.76 bits per heavy atom. The van der Waals surface area contributed by atoms with Gasteiger partial charge in [0.05, 0.1) is 0 Å². The molecule has 17 heavy (non-hydrogen) atoms. The van der Waals surface area contributed by atoms with E-state index in [2.05, 4.69) is 30.1 Å². The molecule has 0 atom stereocenters. The van der Waals surface area contributed by atoms with Crippen molar-refractivity contribution in [3.8, 4) is 16.9 Å². The molecule has 2 heteroatoms. The summed E-state index contributed by atoms with van der Waals surface area (Å²) in [5.41, 5.74) is 4.66. The summed E-state index contributed by atoms with van der Waals surface area (Å²) in [7, 11) is 2.11. The predicted molar refractivity (Wildman–Crippen MR) is 70.5 cm³/mol. The second kappa shape index (κ2) is 3.81. The van der Waals surface area contributed by atoms with Crippen molar-refractivity contribution in [2.24, 2.45) is 0 Å². The second-order valence-corrected chi connectivity index (χ2v) is 4.53. The quantitative estimate of drug-likeness (QED) is 0.806. The first-order valence-corrected chi connectivity index (χ1v) is 5.88. The van der Waals surface area contributed by atoms with Gasteiger partial charge in [0.2, 0.25) is 0 Å². The van der Waals surface area contributed by atoms with E-state index in [1.165, 1.54) is 11.3 Å². The highest BCUT2D eigenvalue weighted by molar-refractivity contribution is 5.75. The zero-order chi connectivity index (χ0) is 11.8. The molecule has 0 bridgehead atoms. The van der Waals surface area contributed by atoms with Crippen LogP contribution >= 0.6 is 0 Å². The highest BCUT2D eigenvalue weighted by Crippen LogP contribution is 2.35. The van der Waals surface area contributed by atoms with E-state index in [1.54, 1.807) is 6.07 Å². The van der Waals surface area contributed by atoms with Gasteiger partial charge in [-0.1, -0.05) is 30.3 Å². The number of hydrogen-bond donors (Lipinski definition) is 1. The zero-order valence-electron chi connectivity index (χ0n) is 9.85. The lowest BCUT2D eigenvalue weighted by Gasteiger charge is -2.13. The molecule has 0 spiro atoms. The molecular formula is C15H15NO. The Labute approximate surface area is 101 Å². The summed E-state index contributed by atoms with van der Waals surface area (Å²) in [5.74, 6) is 0.341. The number of anilines is 1. The maximum absolute atomic E-state index is 9.86. The van der Waals surface area contributed by atoms with E-state index in [9.17, 15) is 5.11 Å². The molecule has 3 rings (SSSR count). The van der Waals surface area contributed by atoms with Crippen LogP contribution in [0.25, 0.3) is 11.1 Å². The average molecular weight is 225 g/mol. The minimum Gasteiger partial charge on any atom is -0.507 e. The van der Waals surface area contributed by atoms with Gasteiger partial charge in [-0.25, -0.2) is 0 Å². The monoisotopic (exact) mass is 225 g/mol. The minimum atomic E-state index is 0.341. The van der Waals surface area contributed by atoms with Crippen molar-refractivity contribution in [2.45, 2.75) is 6.42 Å². The fourth-order valence-electron chi connectivity index (χ4n) is 2.42. The third kappa shape index (κ3) is 1.66. The lowest BCUT2D eigenvalue weighted by atomic mass is 10.0. The van der Waals surface area contributed by atoms with E-state index in [0.717, 1.165) is 24.1 Å². The van der Waals surface area contributed by atoms with Gasteiger partial charge in [0.25, 0.3) is 0 Å². The number of phenolic OH excluding ortho intramolecular Hbond substituents is 1. The molecule has 0 radical (unpaired) electrons. The molecule has 2 nitrogen and oxygen atoms in total. The molecule has 1 heterocycles. The van der Waals surface area contributed by atoms with Gasteiger partial charge in [0.1, 0.15) is 5.75 Å². The molecule has 2 aromatic carbocycles. The molecular weight excluding hydrogens is 210 g/mol. The van der Waals surface area contributed by atoms with Gasteiger partial charge in [-0.2, -0.15) is 0 Å². The SMILES string of the molecule is CN1CCc2ccc(-c3ccccc3O)cc21. The summed E-state index contributed by atoms with van der Waals surface area (Å²) in [4.78, 5) is 2.26. The summed E-state index contributed by atoms with van der Waals surface area (Å²) in [6.45, 7) is 1.08. The molecule has 0 amide bonds. The van der Waals surface area contributed by atoms with E-state index in [0.29, 0.717) is 5.75 Å². The Balaban J connectivity index is 2.11. The van der Waals surface area contributed by atoms with Crippen LogP contribution in [0.5, 0.6) is 5.75 Å². The standard InChI is InChI=1S/C15H15NO/c1-16-9-8-11-6-7-12(10-14(11)16)13-4-2-3-5-15(13)17/h2-7,10,17H,8-9H2,1H3. The van der Waals surface area contributed by atoms with Gasteiger partial charge in [-0.05, 0) is 29.7 Å². The van der Waals surface area contributed by atoms with Crippen molar-refractivity contribution in [3.05, 3.63) is 48.0 Å². The van der Waals surface area contributed by atoms with Crippen LogP contribution in [0.1, 0.15) is 5.56 Å². The van der Waals surface area contributed by atoms with Crippen molar-refractivity contribution in [3.63, 3.8) is 0 Å². The molecule has 0 saturated heterocycles. The maximum atomic E-state index is 9.86. The Kier molecular flexibility index (Phi) is 2.29. The number of phenols is 1. The highest BCUT2D eigenvalue weighted by atomic mass is 16.3. The van der Waals surface area contributed by atoms with Crippen molar-refractivity contribution in [1.82, 2.24) is 0 Å². The van der Waals surface area contributed by atoms with E-state index in [-0.39, 0.29) is 0 Å². The van der Waals surface area contributed by atoms with Crippen LogP contribution < -0.4 is 4.90 Å². The van der Waals surface area contributed by atoms with Gasteiger partial charge in [0, 0.05) is 24.8 Å². The lowest BCUT2D eigenvalue weighted by molar-refractivity contribution is 0.477. The van der Waals surface area contributed by atoms with Crippen molar-refractivity contribution < 1.29 is 5.11 Å². The number of hydrogen-bond acceptors (Lipinski definition) is 2. The molecule has 0 unspecified atom stereocenters. The molecule has 0 aliphatic carbocycles. The third-order valence-corrected chi connectivity index (χ3v) is 3.43. The van der Waals surface area contributed by atoms with Crippen LogP contribution in [0.2, 0.25) is 0 Å². The Morgan fingerprint density at radius 1 is 1.12 bits per heavy atom. The summed E-state index contributed by atoms with van der Waals surface area (Å²) >= 11 is 0. The highest BCUT2D eigenvalue weighted by Gasteiger charge is 2.16. The molecule has 0 saturated carbocycles. The van der Waals surface area contributed by atoms with Crippen LogP contribution in [0.3, 0.4) is 0 Å². The summed E-state index contributed by atoms with van der Waals surface area (Å²) < 4.78 is 0. The van der Waals surface area contributed by atoms with E-state index >= 15 is 0 Å². The number of aromatic hydroxyl groups is 1.